The number of halogens is 1. The van der Waals surface area contributed by atoms with Crippen molar-refractivity contribution in [3.05, 3.63) is 107 Å². The zero-order chi connectivity index (χ0) is 21.1. The minimum absolute atomic E-state index is 0.114. The number of phenolic OH excluding ortho intramolecular Hbond substituents is 1. The predicted molar refractivity (Wildman–Crippen MR) is 119 cm³/mol. The summed E-state index contributed by atoms with van der Waals surface area (Å²) in [5.74, 6) is 0.331. The van der Waals surface area contributed by atoms with Gasteiger partial charge in [0.05, 0.1) is 0 Å². The fourth-order valence-corrected chi connectivity index (χ4v) is 3.61. The summed E-state index contributed by atoms with van der Waals surface area (Å²) >= 11 is 0. The first-order valence-electron chi connectivity index (χ1n) is 9.88. The van der Waals surface area contributed by atoms with E-state index in [1.54, 1.807) is 24.3 Å². The van der Waals surface area contributed by atoms with Crippen LogP contribution in [-0.2, 0) is 6.61 Å². The Morgan fingerprint density at radius 3 is 1.97 bits per heavy atom. The lowest BCUT2D eigenvalue weighted by Crippen LogP contribution is -1.96. The third-order valence-corrected chi connectivity index (χ3v) is 5.23. The highest BCUT2D eigenvalue weighted by molar-refractivity contribution is 5.77. The minimum atomic E-state index is -0.241. The quantitative estimate of drug-likeness (QED) is 0.390. The monoisotopic (exact) mass is 398 g/mol. The van der Waals surface area contributed by atoms with E-state index in [1.807, 2.05) is 50.2 Å². The summed E-state index contributed by atoms with van der Waals surface area (Å²) in [6, 6.07) is 26.1. The maximum atomic E-state index is 13.3. The molecule has 0 fully saturated rings. The van der Waals surface area contributed by atoms with Crippen LogP contribution in [-0.4, -0.2) is 5.11 Å². The fraction of sp³-hybridized carbons (Fsp3) is 0.111. The number of aryl methyl sites for hydroxylation is 2. The summed E-state index contributed by atoms with van der Waals surface area (Å²) in [7, 11) is 0. The van der Waals surface area contributed by atoms with Crippen molar-refractivity contribution in [1.29, 1.82) is 0 Å². The van der Waals surface area contributed by atoms with Crippen molar-refractivity contribution in [2.45, 2.75) is 20.5 Å². The SMILES string of the molecule is Cc1cc(-c2ccc(OCc3ccccc3)c(O)c2)c(C)cc1-c1ccc(F)cc1. The number of aromatic hydroxyl groups is 1. The first-order valence-corrected chi connectivity index (χ1v) is 9.88. The molecule has 0 aliphatic heterocycles. The molecule has 1 N–H and O–H groups in total. The van der Waals surface area contributed by atoms with Crippen LogP contribution in [0.5, 0.6) is 11.5 Å². The Morgan fingerprint density at radius 1 is 0.733 bits per heavy atom. The van der Waals surface area contributed by atoms with Crippen molar-refractivity contribution in [3.8, 4) is 33.8 Å². The molecule has 0 bridgehead atoms. The molecule has 150 valence electrons. The van der Waals surface area contributed by atoms with Gasteiger partial charge in [0, 0.05) is 0 Å². The van der Waals surface area contributed by atoms with Gasteiger partial charge in [-0.1, -0.05) is 60.7 Å². The van der Waals surface area contributed by atoms with Crippen molar-refractivity contribution in [2.24, 2.45) is 0 Å². The van der Waals surface area contributed by atoms with Gasteiger partial charge in [-0.25, -0.2) is 4.39 Å². The van der Waals surface area contributed by atoms with Crippen LogP contribution in [0.4, 0.5) is 4.39 Å². The molecule has 30 heavy (non-hydrogen) atoms. The average molecular weight is 398 g/mol. The minimum Gasteiger partial charge on any atom is -0.504 e. The molecule has 0 spiro atoms. The summed E-state index contributed by atoms with van der Waals surface area (Å²) < 4.78 is 19.0. The molecule has 0 atom stereocenters. The molecule has 0 radical (unpaired) electrons. The molecule has 0 aliphatic rings. The standard InChI is InChI=1S/C27H23FO2/c1-18-15-25(19(2)14-24(18)21-8-11-23(28)12-9-21)22-10-13-27(26(29)16-22)30-17-20-6-4-3-5-7-20/h3-16,29H,17H2,1-2H3. The highest BCUT2D eigenvalue weighted by atomic mass is 19.1. The largest absolute Gasteiger partial charge is 0.504 e. The molecule has 4 rings (SSSR count). The van der Waals surface area contributed by atoms with Crippen LogP contribution in [0.15, 0.2) is 84.9 Å². The maximum Gasteiger partial charge on any atom is 0.161 e. The number of hydrogen-bond donors (Lipinski definition) is 1. The number of phenols is 1. The number of benzene rings is 4. The zero-order valence-corrected chi connectivity index (χ0v) is 17.0. The Labute approximate surface area is 176 Å². The van der Waals surface area contributed by atoms with E-state index >= 15 is 0 Å². The number of hydrogen-bond acceptors (Lipinski definition) is 2. The summed E-state index contributed by atoms with van der Waals surface area (Å²) in [6.07, 6.45) is 0. The van der Waals surface area contributed by atoms with E-state index in [-0.39, 0.29) is 11.6 Å². The number of ether oxygens (including phenoxy) is 1. The van der Waals surface area contributed by atoms with Gasteiger partial charge in [0.1, 0.15) is 12.4 Å². The molecule has 2 nitrogen and oxygen atoms in total. The molecule has 4 aromatic carbocycles. The molecule has 0 aromatic heterocycles. The van der Waals surface area contributed by atoms with Crippen LogP contribution in [0.25, 0.3) is 22.3 Å². The van der Waals surface area contributed by atoms with Gasteiger partial charge in [0.2, 0.25) is 0 Å². The molecule has 0 saturated carbocycles. The Kier molecular flexibility index (Phi) is 5.53. The van der Waals surface area contributed by atoms with Gasteiger partial charge in [-0.15, -0.1) is 0 Å². The molecular formula is C27H23FO2. The van der Waals surface area contributed by atoms with Crippen LogP contribution >= 0.6 is 0 Å². The van der Waals surface area contributed by atoms with Crippen LogP contribution < -0.4 is 4.74 Å². The second-order valence-electron chi connectivity index (χ2n) is 7.45. The summed E-state index contributed by atoms with van der Waals surface area (Å²) in [4.78, 5) is 0. The van der Waals surface area contributed by atoms with E-state index in [2.05, 4.69) is 12.1 Å². The second-order valence-corrected chi connectivity index (χ2v) is 7.45. The average Bonchev–Trinajstić information content (AvgIpc) is 2.75. The Morgan fingerprint density at radius 2 is 1.33 bits per heavy atom. The first-order chi connectivity index (χ1) is 14.5. The fourth-order valence-electron chi connectivity index (χ4n) is 3.61. The highest BCUT2D eigenvalue weighted by Crippen LogP contribution is 2.36. The van der Waals surface area contributed by atoms with Crippen molar-refractivity contribution in [2.75, 3.05) is 0 Å². The van der Waals surface area contributed by atoms with E-state index in [9.17, 15) is 9.50 Å². The second kappa shape index (κ2) is 8.42. The summed E-state index contributed by atoms with van der Waals surface area (Å²) in [5.41, 5.74) is 7.24. The molecule has 0 heterocycles. The van der Waals surface area contributed by atoms with Gasteiger partial charge in [0.25, 0.3) is 0 Å². The van der Waals surface area contributed by atoms with E-state index < -0.39 is 0 Å². The molecule has 0 aliphatic carbocycles. The topological polar surface area (TPSA) is 29.5 Å². The van der Waals surface area contributed by atoms with Gasteiger partial charge in [-0.05, 0) is 77.1 Å². The van der Waals surface area contributed by atoms with Crippen LogP contribution in [0.3, 0.4) is 0 Å². The van der Waals surface area contributed by atoms with Crippen LogP contribution in [0, 0.1) is 19.7 Å². The smallest absolute Gasteiger partial charge is 0.161 e. The third-order valence-electron chi connectivity index (χ3n) is 5.23. The molecular weight excluding hydrogens is 375 g/mol. The lowest BCUT2D eigenvalue weighted by atomic mass is 9.92. The van der Waals surface area contributed by atoms with Crippen molar-refractivity contribution in [3.63, 3.8) is 0 Å². The van der Waals surface area contributed by atoms with Crippen molar-refractivity contribution in [1.82, 2.24) is 0 Å². The maximum absolute atomic E-state index is 13.3. The summed E-state index contributed by atoms with van der Waals surface area (Å²) in [6.45, 7) is 4.48. The molecule has 3 heteroatoms. The first kappa shape index (κ1) is 19.7. The van der Waals surface area contributed by atoms with E-state index in [0.29, 0.717) is 12.4 Å². The Hall–Kier alpha value is -3.59. The Bertz CT molecular complexity index is 1170. The third kappa shape index (κ3) is 4.20. The molecule has 0 unspecified atom stereocenters. The molecule has 0 saturated heterocycles. The van der Waals surface area contributed by atoms with Gasteiger partial charge in [-0.2, -0.15) is 0 Å². The number of rotatable bonds is 5. The van der Waals surface area contributed by atoms with Crippen molar-refractivity contribution < 1.29 is 14.2 Å². The molecule has 4 aromatic rings. The normalized spacial score (nSPS) is 10.8. The Balaban J connectivity index is 1.60. The lowest BCUT2D eigenvalue weighted by Gasteiger charge is -2.14. The molecule has 0 amide bonds. The highest BCUT2D eigenvalue weighted by Gasteiger charge is 2.11. The van der Waals surface area contributed by atoms with Gasteiger partial charge >= 0.3 is 0 Å². The lowest BCUT2D eigenvalue weighted by molar-refractivity contribution is 0.289. The van der Waals surface area contributed by atoms with Gasteiger partial charge in [0.15, 0.2) is 11.5 Å². The van der Waals surface area contributed by atoms with E-state index in [0.717, 1.165) is 38.9 Å². The van der Waals surface area contributed by atoms with E-state index in [1.165, 1.54) is 12.1 Å². The van der Waals surface area contributed by atoms with Gasteiger partial charge < -0.3 is 9.84 Å². The van der Waals surface area contributed by atoms with E-state index in [4.69, 9.17) is 4.74 Å². The van der Waals surface area contributed by atoms with Gasteiger partial charge in [-0.3, -0.25) is 0 Å². The van der Waals surface area contributed by atoms with Crippen molar-refractivity contribution >= 4 is 0 Å². The van der Waals surface area contributed by atoms with Crippen LogP contribution in [0.2, 0.25) is 0 Å². The van der Waals surface area contributed by atoms with Crippen LogP contribution in [0.1, 0.15) is 16.7 Å². The zero-order valence-electron chi connectivity index (χ0n) is 17.0. The summed E-state index contributed by atoms with van der Waals surface area (Å²) in [5, 5.41) is 10.5. The predicted octanol–water partition coefficient (Wildman–Crippen LogP) is 7.06.